The molecule has 1 aliphatic rings. The molecule has 1 aliphatic carbocycles. The van der Waals surface area contributed by atoms with E-state index in [1.54, 1.807) is 0 Å². The lowest BCUT2D eigenvalue weighted by Gasteiger charge is -2.27. The van der Waals surface area contributed by atoms with Crippen LogP contribution in [0, 0.1) is 5.82 Å². The van der Waals surface area contributed by atoms with Crippen molar-refractivity contribution < 1.29 is 22.3 Å². The van der Waals surface area contributed by atoms with Gasteiger partial charge in [-0.25, -0.2) is 17.6 Å². The summed E-state index contributed by atoms with van der Waals surface area (Å²) in [6, 6.07) is 3.49. The molecule has 7 heteroatoms. The topological polar surface area (TPSA) is 86.5 Å². The minimum atomic E-state index is -3.14. The molecule has 1 fully saturated rings. The third kappa shape index (κ3) is 4.17. The quantitative estimate of drug-likeness (QED) is 0.680. The number of esters is 1. The second-order valence-electron chi connectivity index (χ2n) is 5.42. The molecule has 1 aromatic rings. The third-order valence-corrected chi connectivity index (χ3v) is 5.25. The number of hydrogen-bond donors (Lipinski definition) is 1. The van der Waals surface area contributed by atoms with Gasteiger partial charge in [-0.1, -0.05) is 0 Å². The van der Waals surface area contributed by atoms with E-state index < -0.39 is 33.0 Å². The van der Waals surface area contributed by atoms with E-state index >= 15 is 0 Å². The van der Waals surface area contributed by atoms with E-state index in [0.29, 0.717) is 19.3 Å². The van der Waals surface area contributed by atoms with Gasteiger partial charge in [0.15, 0.2) is 0 Å². The van der Waals surface area contributed by atoms with Crippen LogP contribution in [-0.2, 0) is 14.6 Å². The average molecular weight is 315 g/mol. The monoisotopic (exact) mass is 315 g/mol. The van der Waals surface area contributed by atoms with Crippen LogP contribution in [0.15, 0.2) is 18.2 Å². The molecule has 0 heterocycles. The Morgan fingerprint density at radius 1 is 1.33 bits per heavy atom. The van der Waals surface area contributed by atoms with Crippen molar-refractivity contribution in [2.75, 3.05) is 12.0 Å². The minimum absolute atomic E-state index is 0.0361. The molecule has 2 unspecified atom stereocenters. The fourth-order valence-corrected chi connectivity index (χ4v) is 3.71. The van der Waals surface area contributed by atoms with E-state index in [0.717, 1.165) is 12.1 Å². The van der Waals surface area contributed by atoms with Crippen molar-refractivity contribution in [2.45, 2.75) is 37.0 Å². The molecule has 0 amide bonds. The smallest absolute Gasteiger partial charge is 0.338 e. The first-order valence-corrected chi connectivity index (χ1v) is 8.67. The molecule has 0 bridgehead atoms. The third-order valence-electron chi connectivity index (χ3n) is 3.61. The minimum Gasteiger partial charge on any atom is -0.459 e. The Hall–Kier alpha value is -1.63. The molecule has 0 spiro atoms. The van der Waals surface area contributed by atoms with Gasteiger partial charge in [0.1, 0.15) is 21.8 Å². The van der Waals surface area contributed by atoms with Gasteiger partial charge in [-0.3, -0.25) is 0 Å². The van der Waals surface area contributed by atoms with Crippen LogP contribution >= 0.6 is 0 Å². The SMILES string of the molecule is CS(=O)(=O)C1CCCC(OC(=O)c2cc(N)cc(F)c2)C1. The molecular formula is C14H18FNO4S. The molecule has 2 rings (SSSR count). The summed E-state index contributed by atoms with van der Waals surface area (Å²) in [4.78, 5) is 12.0. The van der Waals surface area contributed by atoms with Crippen LogP contribution in [0.3, 0.4) is 0 Å². The summed E-state index contributed by atoms with van der Waals surface area (Å²) < 4.78 is 41.6. The Balaban J connectivity index is 2.05. The molecule has 0 saturated heterocycles. The van der Waals surface area contributed by atoms with E-state index in [9.17, 15) is 17.6 Å². The number of halogens is 1. The molecule has 0 radical (unpaired) electrons. The Labute approximate surface area is 123 Å². The maximum Gasteiger partial charge on any atom is 0.338 e. The first-order chi connectivity index (χ1) is 9.75. The van der Waals surface area contributed by atoms with Crippen molar-refractivity contribution in [3.8, 4) is 0 Å². The summed E-state index contributed by atoms with van der Waals surface area (Å²) in [5.41, 5.74) is 5.66. The molecule has 0 aliphatic heterocycles. The van der Waals surface area contributed by atoms with E-state index in [1.807, 2.05) is 0 Å². The predicted octanol–water partition coefficient (Wildman–Crippen LogP) is 1.92. The van der Waals surface area contributed by atoms with Gasteiger partial charge in [-0.15, -0.1) is 0 Å². The second kappa shape index (κ2) is 6.01. The normalized spacial score (nSPS) is 22.8. The van der Waals surface area contributed by atoms with Crippen molar-refractivity contribution >= 4 is 21.5 Å². The molecule has 2 atom stereocenters. The van der Waals surface area contributed by atoms with Crippen LogP contribution < -0.4 is 5.73 Å². The van der Waals surface area contributed by atoms with Crippen LogP contribution in [0.25, 0.3) is 0 Å². The second-order valence-corrected chi connectivity index (χ2v) is 7.74. The molecule has 2 N–H and O–H groups in total. The Kier molecular flexibility index (Phi) is 4.51. The van der Waals surface area contributed by atoms with E-state index in [-0.39, 0.29) is 17.7 Å². The van der Waals surface area contributed by atoms with Crippen molar-refractivity contribution in [1.82, 2.24) is 0 Å². The molecule has 5 nitrogen and oxygen atoms in total. The zero-order chi connectivity index (χ0) is 15.6. The summed E-state index contributed by atoms with van der Waals surface area (Å²) >= 11 is 0. The lowest BCUT2D eigenvalue weighted by molar-refractivity contribution is 0.0214. The van der Waals surface area contributed by atoms with E-state index in [1.165, 1.54) is 12.3 Å². The highest BCUT2D eigenvalue weighted by Gasteiger charge is 2.31. The highest BCUT2D eigenvalue weighted by atomic mass is 32.2. The average Bonchev–Trinajstić information content (AvgIpc) is 2.37. The number of benzene rings is 1. The first kappa shape index (κ1) is 15.8. The Morgan fingerprint density at radius 3 is 2.67 bits per heavy atom. The summed E-state index contributed by atoms with van der Waals surface area (Å²) in [5, 5.41) is -0.485. The number of anilines is 1. The van der Waals surface area contributed by atoms with Crippen molar-refractivity contribution in [1.29, 1.82) is 0 Å². The number of nitrogen functional groups attached to an aromatic ring is 1. The maximum atomic E-state index is 13.2. The summed E-state index contributed by atoms with van der Waals surface area (Å²) in [5.74, 6) is -1.29. The highest BCUT2D eigenvalue weighted by Crippen LogP contribution is 2.26. The Morgan fingerprint density at radius 2 is 2.05 bits per heavy atom. The molecule has 116 valence electrons. The fraction of sp³-hybridized carbons (Fsp3) is 0.500. The van der Waals surface area contributed by atoms with Crippen LogP contribution in [0.2, 0.25) is 0 Å². The molecule has 1 saturated carbocycles. The summed E-state index contributed by atoms with van der Waals surface area (Å²) in [7, 11) is -3.14. The lowest BCUT2D eigenvalue weighted by atomic mass is 9.97. The fourth-order valence-electron chi connectivity index (χ4n) is 2.55. The van der Waals surface area contributed by atoms with Crippen LogP contribution in [-0.4, -0.2) is 32.0 Å². The number of rotatable bonds is 3. The zero-order valence-corrected chi connectivity index (χ0v) is 12.5. The largest absolute Gasteiger partial charge is 0.459 e. The van der Waals surface area contributed by atoms with Gasteiger partial charge in [0, 0.05) is 18.4 Å². The lowest BCUT2D eigenvalue weighted by Crippen LogP contribution is -2.32. The maximum absolute atomic E-state index is 13.2. The number of carbonyl (C=O) groups excluding carboxylic acids is 1. The van der Waals surface area contributed by atoms with Crippen molar-refractivity contribution in [3.63, 3.8) is 0 Å². The molecule has 21 heavy (non-hydrogen) atoms. The number of nitrogens with two attached hydrogens (primary N) is 1. The molecular weight excluding hydrogens is 297 g/mol. The van der Waals surface area contributed by atoms with E-state index in [2.05, 4.69) is 0 Å². The zero-order valence-electron chi connectivity index (χ0n) is 11.7. The van der Waals surface area contributed by atoms with Gasteiger partial charge in [-0.05, 0) is 37.5 Å². The van der Waals surface area contributed by atoms with Crippen molar-refractivity contribution in [3.05, 3.63) is 29.6 Å². The Bertz CT molecular complexity index is 624. The van der Waals surface area contributed by atoms with Crippen LogP contribution in [0.4, 0.5) is 10.1 Å². The first-order valence-electron chi connectivity index (χ1n) is 6.71. The standard InChI is InChI=1S/C14H18FNO4S/c1-21(18,19)13-4-2-3-12(8-13)20-14(17)9-5-10(15)7-11(16)6-9/h5-7,12-13H,2-4,8,16H2,1H3. The highest BCUT2D eigenvalue weighted by molar-refractivity contribution is 7.91. The van der Waals surface area contributed by atoms with Gasteiger partial charge < -0.3 is 10.5 Å². The van der Waals surface area contributed by atoms with Gasteiger partial charge in [0.05, 0.1) is 10.8 Å². The number of carbonyl (C=O) groups is 1. The summed E-state index contributed by atoms with van der Waals surface area (Å²) in [6.45, 7) is 0. The van der Waals surface area contributed by atoms with Crippen molar-refractivity contribution in [2.24, 2.45) is 0 Å². The van der Waals surface area contributed by atoms with Gasteiger partial charge in [-0.2, -0.15) is 0 Å². The van der Waals surface area contributed by atoms with Crippen LogP contribution in [0.1, 0.15) is 36.0 Å². The van der Waals surface area contributed by atoms with Gasteiger partial charge in [0.2, 0.25) is 0 Å². The molecule has 0 aromatic heterocycles. The van der Waals surface area contributed by atoms with Crippen LogP contribution in [0.5, 0.6) is 0 Å². The van der Waals surface area contributed by atoms with E-state index in [4.69, 9.17) is 10.5 Å². The summed E-state index contributed by atoms with van der Waals surface area (Å²) in [6.07, 6.45) is 2.89. The predicted molar refractivity (Wildman–Crippen MR) is 77.1 cm³/mol. The number of sulfone groups is 1. The molecule has 1 aromatic carbocycles. The number of ether oxygens (including phenoxy) is 1. The number of hydrogen-bond acceptors (Lipinski definition) is 5. The van der Waals surface area contributed by atoms with Gasteiger partial charge in [0.25, 0.3) is 0 Å². The van der Waals surface area contributed by atoms with Gasteiger partial charge >= 0.3 is 5.97 Å².